The lowest BCUT2D eigenvalue weighted by Gasteiger charge is -2.29. The van der Waals surface area contributed by atoms with Gasteiger partial charge in [-0.2, -0.15) is 9.97 Å². The predicted octanol–water partition coefficient (Wildman–Crippen LogP) is 3.89. The number of esters is 2. The molecule has 18 heteroatoms. The highest BCUT2D eigenvalue weighted by Gasteiger charge is 2.48. The van der Waals surface area contributed by atoms with E-state index >= 15 is 0 Å². The number of aliphatic hydroxyl groups is 1. The molecule has 0 spiro atoms. The summed E-state index contributed by atoms with van der Waals surface area (Å²) in [5, 5.41) is 17.0. The second-order valence-corrected chi connectivity index (χ2v) is 16.0. The molecule has 2 aromatic heterocycles. The molecule has 16 nitrogen and oxygen atoms in total. The first-order valence-electron chi connectivity index (χ1n) is 16.6. The van der Waals surface area contributed by atoms with E-state index in [0.29, 0.717) is 15.0 Å². The molecule has 5 N–H and O–H groups in total. The van der Waals surface area contributed by atoms with Crippen LogP contribution in [0.2, 0.25) is 0 Å². The molecule has 3 fully saturated rings. The van der Waals surface area contributed by atoms with Crippen molar-refractivity contribution in [1.82, 2.24) is 29.7 Å². The van der Waals surface area contributed by atoms with Gasteiger partial charge in [0.25, 0.3) is 0 Å². The maximum absolute atomic E-state index is 14.4. The quantitative estimate of drug-likeness (QED) is 0.0979. The van der Waals surface area contributed by atoms with Gasteiger partial charge in [0.1, 0.15) is 29.9 Å². The molecule has 5 rings (SSSR count). The summed E-state index contributed by atoms with van der Waals surface area (Å²) in [5.41, 5.74) is 5.13. The molecule has 5 atom stereocenters. The highest BCUT2D eigenvalue weighted by atomic mass is 127. The van der Waals surface area contributed by atoms with E-state index in [1.807, 2.05) is 22.6 Å². The minimum Gasteiger partial charge on any atom is -0.479 e. The van der Waals surface area contributed by atoms with E-state index < -0.39 is 49.6 Å². The monoisotopic (exact) mass is 807 g/mol. The zero-order valence-electron chi connectivity index (χ0n) is 27.9. The van der Waals surface area contributed by atoms with Crippen molar-refractivity contribution >= 4 is 59.3 Å². The van der Waals surface area contributed by atoms with Gasteiger partial charge in [-0.3, -0.25) is 18.7 Å². The molecule has 268 valence electrons. The number of hydrogen-bond acceptors (Lipinski definition) is 13. The topological polar surface area (TPSA) is 211 Å². The van der Waals surface area contributed by atoms with E-state index in [1.165, 1.54) is 21.0 Å². The van der Waals surface area contributed by atoms with Gasteiger partial charge in [-0.25, -0.2) is 15.2 Å². The summed E-state index contributed by atoms with van der Waals surface area (Å²) in [6.45, 7) is 4.41. The Hall–Kier alpha value is -2.15. The lowest BCUT2D eigenvalue weighted by Crippen LogP contribution is -2.44. The summed E-state index contributed by atoms with van der Waals surface area (Å²) in [4.78, 5) is 38.9. The van der Waals surface area contributed by atoms with E-state index in [4.69, 9.17) is 29.2 Å². The largest absolute Gasteiger partial charge is 0.479 e. The molecule has 3 heterocycles. The zero-order valence-corrected chi connectivity index (χ0v) is 30.9. The van der Waals surface area contributed by atoms with Crippen molar-refractivity contribution in [2.45, 2.75) is 134 Å². The maximum atomic E-state index is 14.4. The molecule has 0 radical (unpaired) electrons. The Kier molecular flexibility index (Phi) is 12.2. The standard InChI is InChI=1S/C30H47IN7O9P/c1-17(25(39)45-19-11-7-5-8-12-19)36-48(42,37-18(2)26(40)46-20-13-9-6-10-14-20)44-16-21-15-30(3,41)27(47-21)38-23-22(33-28(38)31)24(43-4)35-29(32)34-23/h17-21,27,41H,5-16H2,1-4H3,(H2,32,34,35)(H2,36,37,42)/t17-,18-,21-,27+,30+/m0/s1. The fourth-order valence-electron chi connectivity index (χ4n) is 6.48. The number of nitrogen functional groups attached to an aromatic ring is 1. The van der Waals surface area contributed by atoms with Crippen LogP contribution in [0.4, 0.5) is 5.95 Å². The van der Waals surface area contributed by atoms with Crippen LogP contribution in [0.25, 0.3) is 11.2 Å². The number of rotatable bonds is 13. The van der Waals surface area contributed by atoms with E-state index in [0.717, 1.165) is 64.2 Å². The molecule has 2 aromatic rings. The van der Waals surface area contributed by atoms with Crippen molar-refractivity contribution in [1.29, 1.82) is 0 Å². The summed E-state index contributed by atoms with van der Waals surface area (Å²) >= 11 is 2.00. The predicted molar refractivity (Wildman–Crippen MR) is 183 cm³/mol. The number of ether oxygens (including phenoxy) is 4. The zero-order chi connectivity index (χ0) is 34.6. The van der Waals surface area contributed by atoms with Crippen molar-refractivity contribution in [2.24, 2.45) is 0 Å². The average molecular weight is 808 g/mol. The number of anilines is 1. The Morgan fingerprint density at radius 2 is 1.56 bits per heavy atom. The van der Waals surface area contributed by atoms with Gasteiger partial charge >= 0.3 is 19.6 Å². The third-order valence-corrected chi connectivity index (χ3v) is 11.7. The van der Waals surface area contributed by atoms with Crippen LogP contribution >= 0.6 is 30.3 Å². The van der Waals surface area contributed by atoms with Crippen LogP contribution in [-0.2, 0) is 32.9 Å². The number of halogens is 1. The number of hydrogen-bond donors (Lipinski definition) is 4. The molecule has 2 aliphatic carbocycles. The summed E-state index contributed by atoms with van der Waals surface area (Å²) in [5.74, 6) is -0.997. The molecule has 1 aliphatic heterocycles. The minimum atomic E-state index is -4.12. The van der Waals surface area contributed by atoms with Crippen LogP contribution in [0.5, 0.6) is 5.88 Å². The van der Waals surface area contributed by atoms with Crippen LogP contribution < -0.4 is 20.6 Å². The molecule has 48 heavy (non-hydrogen) atoms. The summed E-state index contributed by atoms with van der Waals surface area (Å²) in [6, 6.07) is -2.04. The van der Waals surface area contributed by atoms with E-state index in [9.17, 15) is 19.3 Å². The Bertz CT molecular complexity index is 1450. The molecule has 0 bridgehead atoms. The first-order chi connectivity index (χ1) is 22.8. The Morgan fingerprint density at radius 1 is 1.02 bits per heavy atom. The van der Waals surface area contributed by atoms with Crippen molar-refractivity contribution in [3.05, 3.63) is 3.83 Å². The number of carbonyl (C=O) groups is 2. The van der Waals surface area contributed by atoms with Gasteiger partial charge in [0.05, 0.1) is 19.8 Å². The average Bonchev–Trinajstić information content (AvgIpc) is 3.53. The first-order valence-corrected chi connectivity index (χ1v) is 19.3. The van der Waals surface area contributed by atoms with Gasteiger partial charge in [-0.1, -0.05) is 12.8 Å². The van der Waals surface area contributed by atoms with Crippen LogP contribution in [0.3, 0.4) is 0 Å². The number of carbonyl (C=O) groups excluding carboxylic acids is 2. The smallest absolute Gasteiger partial charge is 0.342 e. The third-order valence-electron chi connectivity index (χ3n) is 8.95. The number of imidazole rings is 1. The molecule has 0 unspecified atom stereocenters. The van der Waals surface area contributed by atoms with Crippen LogP contribution in [0.1, 0.15) is 97.6 Å². The fraction of sp³-hybridized carbons (Fsp3) is 0.767. The van der Waals surface area contributed by atoms with Gasteiger partial charge < -0.3 is 34.3 Å². The highest BCUT2D eigenvalue weighted by molar-refractivity contribution is 14.1. The Balaban J connectivity index is 1.30. The highest BCUT2D eigenvalue weighted by Crippen LogP contribution is 2.45. The SMILES string of the molecule is COc1nc(N)nc2c1nc(I)n2[C@@H]1O[C@H](COP(=O)(N[C@@H](C)C(=O)OC2CCCCC2)N[C@@H](C)C(=O)OC2CCCCC2)C[C@@]1(C)O. The summed E-state index contributed by atoms with van der Waals surface area (Å²) in [7, 11) is -2.68. The molecule has 0 amide bonds. The van der Waals surface area contributed by atoms with Gasteiger partial charge in [-0.15, -0.1) is 0 Å². The second-order valence-electron chi connectivity index (χ2n) is 13.1. The second kappa shape index (κ2) is 15.8. The van der Waals surface area contributed by atoms with Gasteiger partial charge in [-0.05, 0) is 72.1 Å². The number of aromatic nitrogens is 4. The number of nitrogens with one attached hydrogen (secondary N) is 2. The summed E-state index contributed by atoms with van der Waals surface area (Å²) in [6.07, 6.45) is 7.24. The first kappa shape index (κ1) is 37.1. The molecular formula is C30H47IN7O9P. The van der Waals surface area contributed by atoms with Crippen LogP contribution in [0.15, 0.2) is 0 Å². The summed E-state index contributed by atoms with van der Waals surface area (Å²) < 4.78 is 45.3. The van der Waals surface area contributed by atoms with Crippen molar-refractivity contribution in [3.8, 4) is 5.88 Å². The van der Waals surface area contributed by atoms with E-state index in [1.54, 1.807) is 11.5 Å². The maximum Gasteiger partial charge on any atom is 0.342 e. The molecule has 0 aromatic carbocycles. The van der Waals surface area contributed by atoms with Crippen molar-refractivity contribution in [2.75, 3.05) is 19.5 Å². The minimum absolute atomic E-state index is 0.0419. The van der Waals surface area contributed by atoms with Crippen LogP contribution in [0, 0.1) is 3.83 Å². The Labute approximate surface area is 293 Å². The number of nitrogens with two attached hydrogens (primary N) is 1. The molecular weight excluding hydrogens is 760 g/mol. The lowest BCUT2D eigenvalue weighted by atomic mass is 9.98. The number of nitrogens with zero attached hydrogens (tertiary/aromatic N) is 4. The van der Waals surface area contributed by atoms with Gasteiger partial charge in [0, 0.05) is 29.0 Å². The van der Waals surface area contributed by atoms with E-state index in [-0.39, 0.29) is 37.1 Å². The van der Waals surface area contributed by atoms with Crippen LogP contribution in [-0.4, -0.2) is 86.3 Å². The Morgan fingerprint density at radius 3 is 2.08 bits per heavy atom. The molecule has 3 aliphatic rings. The van der Waals surface area contributed by atoms with Gasteiger partial charge in [0.15, 0.2) is 21.2 Å². The van der Waals surface area contributed by atoms with Crippen molar-refractivity contribution in [3.63, 3.8) is 0 Å². The fourth-order valence-corrected chi connectivity index (χ4v) is 9.03. The van der Waals surface area contributed by atoms with Crippen molar-refractivity contribution < 1.29 is 42.7 Å². The molecule has 2 saturated carbocycles. The third kappa shape index (κ3) is 8.95. The normalized spacial score (nSPS) is 25.5. The lowest BCUT2D eigenvalue weighted by molar-refractivity contribution is -0.152. The van der Waals surface area contributed by atoms with Gasteiger partial charge in [0.2, 0.25) is 11.8 Å². The van der Waals surface area contributed by atoms with E-state index in [2.05, 4.69) is 25.1 Å². The number of fused-ring (bicyclic) bond motifs is 1. The number of methoxy groups -OCH3 is 1. The molecule has 1 saturated heterocycles.